The highest BCUT2D eigenvalue weighted by Gasteiger charge is 2.17. The summed E-state index contributed by atoms with van der Waals surface area (Å²) in [5.74, 6) is 0.0712. The quantitative estimate of drug-likeness (QED) is 0.475. The zero-order valence-electron chi connectivity index (χ0n) is 16.1. The Kier molecular flexibility index (Phi) is 6.66. The molecule has 0 amide bonds. The van der Waals surface area contributed by atoms with Gasteiger partial charge in [0.25, 0.3) is 0 Å². The molecule has 0 spiro atoms. The van der Waals surface area contributed by atoms with Gasteiger partial charge in [-0.25, -0.2) is 0 Å². The summed E-state index contributed by atoms with van der Waals surface area (Å²) in [7, 11) is 0. The fourth-order valence-electron chi connectivity index (χ4n) is 4.16. The van der Waals surface area contributed by atoms with E-state index in [2.05, 4.69) is 53.8 Å². The topological polar surface area (TPSA) is 23.6 Å². The summed E-state index contributed by atoms with van der Waals surface area (Å²) in [6.07, 6.45) is 5.15. The summed E-state index contributed by atoms with van der Waals surface area (Å²) in [5.41, 5.74) is 3.97. The molecular weight excluding hydrogens is 480 g/mol. The Bertz CT molecular complexity index is 786. The molecule has 0 saturated carbocycles. The van der Waals surface area contributed by atoms with Crippen molar-refractivity contribution in [2.75, 3.05) is 26.2 Å². The molecule has 0 unspecified atom stereocenters. The van der Waals surface area contributed by atoms with Crippen molar-refractivity contribution in [1.29, 1.82) is 0 Å². The monoisotopic (exact) mass is 504 g/mol. The van der Waals surface area contributed by atoms with Gasteiger partial charge in [-0.1, -0.05) is 56.1 Å². The largest absolute Gasteiger partial charge is 0.299 e. The normalized spacial score (nSPS) is 18.1. The van der Waals surface area contributed by atoms with E-state index in [-0.39, 0.29) is 5.78 Å². The number of benzene rings is 2. The van der Waals surface area contributed by atoms with Crippen LogP contribution in [0.25, 0.3) is 0 Å². The van der Waals surface area contributed by atoms with E-state index in [4.69, 9.17) is 0 Å². The van der Waals surface area contributed by atoms with Crippen molar-refractivity contribution in [1.82, 2.24) is 9.80 Å². The Balaban J connectivity index is 1.47. The minimum absolute atomic E-state index is 0.0712. The van der Waals surface area contributed by atoms with Crippen molar-refractivity contribution in [2.24, 2.45) is 0 Å². The number of hydrogen-bond donors (Lipinski definition) is 0. The maximum atomic E-state index is 13.0. The number of likely N-dealkylation sites (tertiary alicyclic amines) is 2. The van der Waals surface area contributed by atoms with Crippen LogP contribution in [0.4, 0.5) is 0 Å². The lowest BCUT2D eigenvalue weighted by molar-refractivity contribution is 0.103. The van der Waals surface area contributed by atoms with Crippen molar-refractivity contribution in [3.63, 3.8) is 0 Å². The van der Waals surface area contributed by atoms with E-state index in [1.165, 1.54) is 63.0 Å². The smallest absolute Gasteiger partial charge is 0.193 e. The van der Waals surface area contributed by atoms with E-state index in [1.807, 2.05) is 24.3 Å². The van der Waals surface area contributed by atoms with Crippen LogP contribution in [0.3, 0.4) is 0 Å². The molecule has 2 heterocycles. The summed E-state index contributed by atoms with van der Waals surface area (Å²) in [6.45, 7) is 6.59. The first-order valence-electron chi connectivity index (χ1n) is 10.2. The molecule has 0 radical (unpaired) electrons. The second-order valence-corrected chi connectivity index (χ2v) is 9.62. The molecule has 28 heavy (non-hydrogen) atoms. The second-order valence-electron chi connectivity index (χ2n) is 7.91. The molecule has 0 atom stereocenters. The molecule has 3 nitrogen and oxygen atoms in total. The van der Waals surface area contributed by atoms with Crippen LogP contribution < -0.4 is 0 Å². The maximum Gasteiger partial charge on any atom is 0.193 e. The Hall–Kier alpha value is -1.01. The van der Waals surface area contributed by atoms with Crippen LogP contribution in [0.1, 0.15) is 52.7 Å². The van der Waals surface area contributed by atoms with Crippen molar-refractivity contribution in [3.05, 3.63) is 67.6 Å². The molecule has 2 aromatic rings. The third-order valence-corrected chi connectivity index (χ3v) is 7.29. The molecule has 0 N–H and O–H groups in total. The van der Waals surface area contributed by atoms with Gasteiger partial charge in [0, 0.05) is 33.2 Å². The van der Waals surface area contributed by atoms with E-state index in [0.29, 0.717) is 0 Å². The van der Waals surface area contributed by atoms with Gasteiger partial charge < -0.3 is 0 Å². The number of halogens is 2. The van der Waals surface area contributed by atoms with E-state index in [9.17, 15) is 4.79 Å². The Labute approximate surface area is 184 Å². The first-order valence-corrected chi connectivity index (χ1v) is 11.7. The molecule has 2 aliphatic rings. The predicted molar refractivity (Wildman–Crippen MR) is 121 cm³/mol. The van der Waals surface area contributed by atoms with Crippen molar-refractivity contribution in [2.45, 2.75) is 38.8 Å². The number of rotatable bonds is 6. The molecule has 0 aromatic heterocycles. The lowest BCUT2D eigenvalue weighted by atomic mass is 10.0. The van der Waals surface area contributed by atoms with Crippen molar-refractivity contribution < 1.29 is 4.79 Å². The van der Waals surface area contributed by atoms with Gasteiger partial charge in [-0.3, -0.25) is 14.6 Å². The van der Waals surface area contributed by atoms with Crippen molar-refractivity contribution in [3.8, 4) is 0 Å². The van der Waals surface area contributed by atoms with E-state index in [0.717, 1.165) is 33.2 Å². The Morgan fingerprint density at radius 1 is 0.714 bits per heavy atom. The average molecular weight is 506 g/mol. The summed E-state index contributed by atoms with van der Waals surface area (Å²) in [4.78, 5) is 17.9. The summed E-state index contributed by atoms with van der Waals surface area (Å²) >= 11 is 7.35. The molecule has 2 aromatic carbocycles. The molecule has 0 bridgehead atoms. The molecule has 4 rings (SSSR count). The molecule has 2 saturated heterocycles. The van der Waals surface area contributed by atoms with Crippen LogP contribution in [-0.2, 0) is 13.1 Å². The minimum Gasteiger partial charge on any atom is -0.299 e. The summed E-state index contributed by atoms with van der Waals surface area (Å²) in [6, 6.07) is 12.0. The zero-order chi connectivity index (χ0) is 19.5. The fourth-order valence-corrected chi connectivity index (χ4v) is 5.17. The van der Waals surface area contributed by atoms with Crippen LogP contribution in [0.5, 0.6) is 0 Å². The number of ketones is 1. The SMILES string of the molecule is O=C(c1ccc(CN2CCCC2)c(Br)c1)c1ccc(CN2CCCC2)c(Br)c1. The van der Waals surface area contributed by atoms with Crippen molar-refractivity contribution >= 4 is 37.6 Å². The maximum absolute atomic E-state index is 13.0. The molecule has 2 fully saturated rings. The lowest BCUT2D eigenvalue weighted by Gasteiger charge is -2.17. The first-order chi connectivity index (χ1) is 13.6. The lowest BCUT2D eigenvalue weighted by Crippen LogP contribution is -2.19. The molecule has 148 valence electrons. The predicted octanol–water partition coefficient (Wildman–Crippen LogP) is 5.63. The third kappa shape index (κ3) is 4.76. The molecular formula is C23H26Br2N2O. The number of carbonyl (C=O) groups excluding carboxylic acids is 1. The average Bonchev–Trinajstić information content (AvgIpc) is 3.38. The zero-order valence-corrected chi connectivity index (χ0v) is 19.3. The Morgan fingerprint density at radius 3 is 1.46 bits per heavy atom. The van der Waals surface area contributed by atoms with E-state index in [1.54, 1.807) is 0 Å². The van der Waals surface area contributed by atoms with Gasteiger partial charge >= 0.3 is 0 Å². The van der Waals surface area contributed by atoms with Crippen LogP contribution in [0.2, 0.25) is 0 Å². The minimum atomic E-state index is 0.0712. The molecule has 5 heteroatoms. The summed E-state index contributed by atoms with van der Waals surface area (Å²) in [5, 5.41) is 0. The standard InChI is InChI=1S/C23H26Br2N2O/c24-21-13-17(5-7-19(21)15-26-9-1-2-10-26)23(28)18-6-8-20(22(25)14-18)16-27-11-3-4-12-27/h5-8,13-14H,1-4,9-12,15-16H2. The first kappa shape index (κ1) is 20.3. The second kappa shape index (κ2) is 9.21. The van der Waals surface area contributed by atoms with Gasteiger partial charge in [-0.05, 0) is 75.1 Å². The van der Waals surface area contributed by atoms with Gasteiger partial charge in [-0.2, -0.15) is 0 Å². The number of carbonyl (C=O) groups is 1. The van der Waals surface area contributed by atoms with E-state index >= 15 is 0 Å². The van der Waals surface area contributed by atoms with E-state index < -0.39 is 0 Å². The third-order valence-electron chi connectivity index (χ3n) is 5.82. The summed E-state index contributed by atoms with van der Waals surface area (Å²) < 4.78 is 2.05. The van der Waals surface area contributed by atoms with Crippen LogP contribution in [0, 0.1) is 0 Å². The van der Waals surface area contributed by atoms with Crippen LogP contribution in [-0.4, -0.2) is 41.8 Å². The number of hydrogen-bond acceptors (Lipinski definition) is 3. The van der Waals surface area contributed by atoms with Gasteiger partial charge in [0.15, 0.2) is 5.78 Å². The van der Waals surface area contributed by atoms with Gasteiger partial charge in [-0.15, -0.1) is 0 Å². The fraction of sp³-hybridized carbons (Fsp3) is 0.435. The highest BCUT2D eigenvalue weighted by Crippen LogP contribution is 2.26. The Morgan fingerprint density at radius 2 is 1.11 bits per heavy atom. The number of nitrogens with zero attached hydrogens (tertiary/aromatic N) is 2. The highest BCUT2D eigenvalue weighted by molar-refractivity contribution is 9.10. The highest BCUT2D eigenvalue weighted by atomic mass is 79.9. The van der Waals surface area contributed by atoms with Gasteiger partial charge in [0.2, 0.25) is 0 Å². The molecule has 2 aliphatic heterocycles. The van der Waals surface area contributed by atoms with Crippen LogP contribution in [0.15, 0.2) is 45.3 Å². The van der Waals surface area contributed by atoms with Gasteiger partial charge in [0.1, 0.15) is 0 Å². The molecule has 0 aliphatic carbocycles. The van der Waals surface area contributed by atoms with Crippen LogP contribution >= 0.6 is 31.9 Å². The van der Waals surface area contributed by atoms with Gasteiger partial charge in [0.05, 0.1) is 0 Å².